The fraction of sp³-hybridized carbons (Fsp3) is 0.350. The van der Waals surface area contributed by atoms with Crippen LogP contribution in [-0.4, -0.2) is 15.8 Å². The smallest absolute Gasteiger partial charge is 0.258 e. The van der Waals surface area contributed by atoms with Gasteiger partial charge < -0.3 is 4.90 Å². The van der Waals surface area contributed by atoms with Crippen molar-refractivity contribution in [1.29, 1.82) is 0 Å². The number of halogens is 2. The Kier molecular flexibility index (Phi) is 3.18. The zero-order valence-corrected chi connectivity index (χ0v) is 15.4. The van der Waals surface area contributed by atoms with Crippen LogP contribution in [0, 0.1) is 5.92 Å². The Morgan fingerprint density at radius 2 is 1.54 bits per heavy atom. The summed E-state index contributed by atoms with van der Waals surface area (Å²) in [7, 11) is 0. The molecule has 1 fully saturated rings. The molecule has 0 unspecified atom stereocenters. The quantitative estimate of drug-likeness (QED) is 0.641. The number of carbonyl (C=O) groups is 1. The fourth-order valence-electron chi connectivity index (χ4n) is 4.64. The van der Waals surface area contributed by atoms with Crippen molar-refractivity contribution in [2.45, 2.75) is 36.1 Å². The monoisotopic (exact) mass is 359 g/mol. The number of nitrogens with zero attached hydrogens (tertiary/aromatic N) is 1. The third kappa shape index (κ3) is 1.76. The molecule has 124 valence electrons. The number of benzene rings is 2. The van der Waals surface area contributed by atoms with Gasteiger partial charge in [-0.2, -0.15) is 0 Å². The van der Waals surface area contributed by atoms with Gasteiger partial charge in [0.1, 0.15) is 4.33 Å². The summed E-state index contributed by atoms with van der Waals surface area (Å²) in [6.07, 6.45) is 0. The maximum atomic E-state index is 13.3. The minimum atomic E-state index is -0.877. The zero-order valence-electron chi connectivity index (χ0n) is 13.9. The highest BCUT2D eigenvalue weighted by atomic mass is 35.5. The lowest BCUT2D eigenvalue weighted by molar-refractivity contribution is 0.0950. The highest BCUT2D eigenvalue weighted by Crippen LogP contribution is 2.76. The van der Waals surface area contributed by atoms with Crippen LogP contribution in [0.2, 0.25) is 0 Å². The molecule has 1 amide bonds. The number of para-hydroxylation sites is 1. The van der Waals surface area contributed by atoms with Crippen molar-refractivity contribution in [1.82, 2.24) is 0 Å². The van der Waals surface area contributed by atoms with Crippen molar-refractivity contribution in [2.75, 3.05) is 4.90 Å². The molecule has 1 saturated carbocycles. The van der Waals surface area contributed by atoms with Crippen molar-refractivity contribution >= 4 is 34.8 Å². The number of rotatable bonds is 1. The highest BCUT2D eigenvalue weighted by Gasteiger charge is 2.81. The van der Waals surface area contributed by atoms with Crippen LogP contribution in [0.5, 0.6) is 0 Å². The molecule has 2 aromatic carbocycles. The third-order valence-corrected chi connectivity index (χ3v) is 6.98. The summed E-state index contributed by atoms with van der Waals surface area (Å²) in [5.74, 6) is -0.0467. The van der Waals surface area contributed by atoms with E-state index in [1.54, 1.807) is 0 Å². The van der Waals surface area contributed by atoms with Gasteiger partial charge in [-0.25, -0.2) is 0 Å². The minimum Gasteiger partial charge on any atom is -0.302 e. The van der Waals surface area contributed by atoms with E-state index in [1.165, 1.54) is 0 Å². The molecule has 24 heavy (non-hydrogen) atoms. The van der Waals surface area contributed by atoms with Crippen molar-refractivity contribution in [2.24, 2.45) is 5.92 Å². The Morgan fingerprint density at radius 1 is 0.958 bits per heavy atom. The molecule has 0 bridgehead atoms. The van der Waals surface area contributed by atoms with E-state index in [4.69, 9.17) is 23.2 Å². The standard InChI is InChI=1S/C20H19Cl2NO/c1-18(2)17-19(3,20(17,21)22)14-11-7-8-12-15(14)23(18)16(24)13-9-5-4-6-10-13/h4-12,17H,1-3H3/t17-,19+/m0/s1. The van der Waals surface area contributed by atoms with Crippen molar-refractivity contribution in [3.05, 3.63) is 65.7 Å². The minimum absolute atomic E-state index is 0.0221. The summed E-state index contributed by atoms with van der Waals surface area (Å²) in [5, 5.41) is 0. The molecule has 2 nitrogen and oxygen atoms in total. The van der Waals surface area contributed by atoms with Gasteiger partial charge in [0.2, 0.25) is 0 Å². The van der Waals surface area contributed by atoms with E-state index in [1.807, 2.05) is 59.5 Å². The normalized spacial score (nSPS) is 28.7. The number of hydrogen-bond donors (Lipinski definition) is 0. The molecule has 1 heterocycles. The van der Waals surface area contributed by atoms with Crippen LogP contribution in [0.1, 0.15) is 36.7 Å². The molecule has 2 aliphatic rings. The van der Waals surface area contributed by atoms with E-state index in [0.717, 1.165) is 11.3 Å². The van der Waals surface area contributed by atoms with E-state index in [2.05, 4.69) is 20.8 Å². The van der Waals surface area contributed by atoms with Gasteiger partial charge in [0.25, 0.3) is 5.91 Å². The number of anilines is 1. The lowest BCUT2D eigenvalue weighted by Crippen LogP contribution is -2.54. The van der Waals surface area contributed by atoms with E-state index in [0.29, 0.717) is 5.56 Å². The number of carbonyl (C=O) groups excluding carboxylic acids is 1. The largest absolute Gasteiger partial charge is 0.302 e. The van der Waals surface area contributed by atoms with Gasteiger partial charge in [-0.05, 0) is 37.6 Å². The summed E-state index contributed by atoms with van der Waals surface area (Å²) in [6, 6.07) is 17.3. The van der Waals surface area contributed by atoms with Gasteiger partial charge in [0.05, 0.1) is 0 Å². The fourth-order valence-corrected chi connectivity index (χ4v) is 5.93. The van der Waals surface area contributed by atoms with Crippen LogP contribution in [-0.2, 0) is 5.41 Å². The summed E-state index contributed by atoms with van der Waals surface area (Å²) in [6.45, 7) is 6.21. The van der Waals surface area contributed by atoms with E-state index in [9.17, 15) is 4.79 Å². The summed E-state index contributed by atoms with van der Waals surface area (Å²) >= 11 is 13.4. The van der Waals surface area contributed by atoms with Crippen LogP contribution < -0.4 is 4.90 Å². The Labute approximate surface area is 152 Å². The summed E-state index contributed by atoms with van der Waals surface area (Å²) in [5.41, 5.74) is 1.78. The van der Waals surface area contributed by atoms with Crippen LogP contribution in [0.3, 0.4) is 0 Å². The highest BCUT2D eigenvalue weighted by molar-refractivity contribution is 6.53. The maximum Gasteiger partial charge on any atom is 0.258 e. The van der Waals surface area contributed by atoms with Gasteiger partial charge in [-0.1, -0.05) is 43.3 Å². The molecule has 2 atom stereocenters. The Bertz CT molecular complexity index is 831. The third-order valence-electron chi connectivity index (χ3n) is 5.76. The van der Waals surface area contributed by atoms with Gasteiger partial charge in [-0.3, -0.25) is 4.79 Å². The zero-order chi connectivity index (χ0) is 17.3. The van der Waals surface area contributed by atoms with Crippen molar-refractivity contribution < 1.29 is 4.79 Å². The van der Waals surface area contributed by atoms with E-state index < -0.39 is 9.87 Å². The molecule has 0 N–H and O–H groups in total. The van der Waals surface area contributed by atoms with Gasteiger partial charge in [0, 0.05) is 28.1 Å². The Balaban J connectivity index is 1.93. The van der Waals surface area contributed by atoms with Crippen molar-refractivity contribution in [3.63, 3.8) is 0 Å². The molecule has 0 saturated heterocycles. The first-order valence-electron chi connectivity index (χ1n) is 8.11. The molecule has 1 aliphatic carbocycles. The second-order valence-corrected chi connectivity index (χ2v) is 8.82. The number of amides is 1. The lowest BCUT2D eigenvalue weighted by Gasteiger charge is -2.45. The molecule has 4 heteroatoms. The van der Waals surface area contributed by atoms with E-state index >= 15 is 0 Å². The van der Waals surface area contributed by atoms with Crippen LogP contribution in [0.25, 0.3) is 0 Å². The Hall–Kier alpha value is -1.51. The van der Waals surface area contributed by atoms with Gasteiger partial charge in [0.15, 0.2) is 0 Å². The molecule has 0 aromatic heterocycles. The number of fused-ring (bicyclic) bond motifs is 3. The molecule has 4 rings (SSSR count). The van der Waals surface area contributed by atoms with E-state index in [-0.39, 0.29) is 17.2 Å². The second kappa shape index (κ2) is 4.77. The predicted octanol–water partition coefficient (Wildman–Crippen LogP) is 5.19. The number of hydrogen-bond acceptors (Lipinski definition) is 1. The Morgan fingerprint density at radius 3 is 2.21 bits per heavy atom. The first kappa shape index (κ1) is 16.0. The van der Waals surface area contributed by atoms with Crippen LogP contribution >= 0.6 is 23.2 Å². The molecular formula is C20H19Cl2NO. The maximum absolute atomic E-state index is 13.3. The predicted molar refractivity (Wildman–Crippen MR) is 99.1 cm³/mol. The molecule has 1 aliphatic heterocycles. The van der Waals surface area contributed by atoms with Gasteiger partial charge >= 0.3 is 0 Å². The number of alkyl halides is 2. The molecule has 2 aromatic rings. The molecular weight excluding hydrogens is 341 g/mol. The SMILES string of the molecule is CC1(C)[C@@H]2C(Cl)(Cl)[C@]2(C)c2ccccc2N1C(=O)c1ccccc1. The first-order valence-corrected chi connectivity index (χ1v) is 8.86. The van der Waals surface area contributed by atoms with Gasteiger partial charge in [-0.15, -0.1) is 23.2 Å². The first-order chi connectivity index (χ1) is 11.2. The van der Waals surface area contributed by atoms with Crippen LogP contribution in [0.4, 0.5) is 5.69 Å². The lowest BCUT2D eigenvalue weighted by atomic mass is 9.79. The second-order valence-electron chi connectivity index (χ2n) is 7.44. The topological polar surface area (TPSA) is 20.3 Å². The average Bonchev–Trinajstić information content (AvgIpc) is 3.03. The van der Waals surface area contributed by atoms with Crippen LogP contribution in [0.15, 0.2) is 54.6 Å². The summed E-state index contributed by atoms with van der Waals surface area (Å²) < 4.78 is -0.877. The molecule has 0 spiro atoms. The van der Waals surface area contributed by atoms with Crippen molar-refractivity contribution in [3.8, 4) is 0 Å². The summed E-state index contributed by atoms with van der Waals surface area (Å²) in [4.78, 5) is 15.2. The molecule has 0 radical (unpaired) electrons. The average molecular weight is 360 g/mol.